The van der Waals surface area contributed by atoms with Gasteiger partial charge in [-0.1, -0.05) is 5.10 Å². The van der Waals surface area contributed by atoms with Gasteiger partial charge in [-0.15, -0.1) is 16.4 Å². The fourth-order valence-corrected chi connectivity index (χ4v) is 5.21. The van der Waals surface area contributed by atoms with E-state index in [0.717, 1.165) is 37.1 Å². The first-order chi connectivity index (χ1) is 16.6. The summed E-state index contributed by atoms with van der Waals surface area (Å²) in [4.78, 5) is 31.1. The van der Waals surface area contributed by atoms with Gasteiger partial charge in [-0.05, 0) is 84.8 Å². The number of ether oxygens (including phenoxy) is 1. The molecule has 2 fully saturated rings. The van der Waals surface area contributed by atoms with E-state index in [1.54, 1.807) is 4.90 Å². The van der Waals surface area contributed by atoms with E-state index in [-0.39, 0.29) is 18.0 Å². The number of likely N-dealkylation sites (tertiary alicyclic amines) is 1. The second-order valence-electron chi connectivity index (χ2n) is 10.5. The average molecular weight is 504 g/mol. The molecule has 0 aromatic carbocycles. The van der Waals surface area contributed by atoms with Crippen molar-refractivity contribution in [1.29, 1.82) is 0 Å². The third kappa shape index (κ3) is 6.74. The Balaban J connectivity index is 1.44. The van der Waals surface area contributed by atoms with E-state index in [2.05, 4.69) is 27.3 Å². The Morgan fingerprint density at radius 2 is 1.94 bits per heavy atom. The summed E-state index contributed by atoms with van der Waals surface area (Å²) in [6, 6.07) is 4.39. The Labute approximate surface area is 211 Å². The Bertz CT molecular complexity index is 1020. The van der Waals surface area contributed by atoms with Gasteiger partial charge in [-0.3, -0.25) is 4.79 Å². The van der Waals surface area contributed by atoms with Crippen LogP contribution in [0.15, 0.2) is 16.5 Å². The zero-order valence-electron chi connectivity index (χ0n) is 21.4. The molecule has 0 bridgehead atoms. The number of hydrogen-bond acceptors (Lipinski definition) is 8. The fraction of sp³-hybridized carbons (Fsp3) is 0.680. The van der Waals surface area contributed by atoms with Gasteiger partial charge in [0.1, 0.15) is 11.6 Å². The zero-order valence-corrected chi connectivity index (χ0v) is 22.2. The lowest BCUT2D eigenvalue weighted by atomic mass is 9.90. The maximum Gasteiger partial charge on any atom is 0.410 e. The number of hydrogen-bond donors (Lipinski definition) is 1. The van der Waals surface area contributed by atoms with Gasteiger partial charge in [0.15, 0.2) is 0 Å². The number of aromatic nitrogens is 2. The minimum atomic E-state index is -0.508. The summed E-state index contributed by atoms with van der Waals surface area (Å²) in [5.74, 6) is 0.619. The topological polar surface area (TPSA) is 101 Å². The third-order valence-electron chi connectivity index (χ3n) is 6.41. The van der Waals surface area contributed by atoms with Crippen LogP contribution in [-0.4, -0.2) is 58.4 Å². The number of amides is 2. The third-order valence-corrected chi connectivity index (χ3v) is 7.41. The van der Waals surface area contributed by atoms with Gasteiger partial charge < -0.3 is 24.3 Å². The highest BCUT2D eigenvalue weighted by atomic mass is 32.1. The van der Waals surface area contributed by atoms with Gasteiger partial charge in [0.25, 0.3) is 5.91 Å². The highest BCUT2D eigenvalue weighted by molar-refractivity contribution is 7.13. The van der Waals surface area contributed by atoms with Crippen molar-refractivity contribution >= 4 is 29.4 Å². The molecule has 2 aliphatic rings. The van der Waals surface area contributed by atoms with Gasteiger partial charge in [-0.2, -0.15) is 0 Å². The van der Waals surface area contributed by atoms with Crippen LogP contribution in [0, 0.1) is 12.8 Å². The predicted octanol–water partition coefficient (Wildman–Crippen LogP) is 4.94. The molecule has 2 amide bonds. The van der Waals surface area contributed by atoms with Crippen molar-refractivity contribution < 1.29 is 18.7 Å². The van der Waals surface area contributed by atoms with Crippen molar-refractivity contribution in [3.8, 4) is 0 Å². The van der Waals surface area contributed by atoms with Crippen molar-refractivity contribution in [1.82, 2.24) is 20.4 Å². The largest absolute Gasteiger partial charge is 0.444 e. The fourth-order valence-electron chi connectivity index (χ4n) is 4.44. The van der Waals surface area contributed by atoms with Crippen molar-refractivity contribution in [2.24, 2.45) is 5.92 Å². The van der Waals surface area contributed by atoms with E-state index in [1.165, 1.54) is 11.3 Å². The molecule has 10 heteroatoms. The molecule has 1 aliphatic carbocycles. The number of carbonyl (C=O) groups excluding carboxylic acids is 2. The summed E-state index contributed by atoms with van der Waals surface area (Å²) in [7, 11) is 0. The molecule has 4 rings (SSSR count). The lowest BCUT2D eigenvalue weighted by molar-refractivity contribution is 0.0177. The minimum absolute atomic E-state index is 0.131. The van der Waals surface area contributed by atoms with E-state index >= 15 is 0 Å². The molecular formula is C25H37N5O4S. The van der Waals surface area contributed by atoms with E-state index in [9.17, 15) is 9.59 Å². The number of rotatable bonds is 8. The van der Waals surface area contributed by atoms with Gasteiger partial charge in [0, 0.05) is 30.6 Å². The first-order valence-electron chi connectivity index (χ1n) is 12.6. The van der Waals surface area contributed by atoms with Crippen LogP contribution in [0.25, 0.3) is 0 Å². The molecular weight excluding hydrogens is 466 g/mol. The highest BCUT2D eigenvalue weighted by Crippen LogP contribution is 2.33. The molecule has 9 nitrogen and oxygen atoms in total. The molecule has 0 radical (unpaired) electrons. The van der Waals surface area contributed by atoms with Crippen LogP contribution in [0.3, 0.4) is 0 Å². The van der Waals surface area contributed by atoms with Gasteiger partial charge in [-0.25, -0.2) is 4.79 Å². The van der Waals surface area contributed by atoms with Crippen LogP contribution in [0.4, 0.5) is 10.8 Å². The van der Waals surface area contributed by atoms with Crippen LogP contribution in [-0.2, 0) is 4.74 Å². The Morgan fingerprint density at radius 3 is 2.51 bits per heavy atom. The smallest absolute Gasteiger partial charge is 0.410 e. The van der Waals surface area contributed by atoms with Gasteiger partial charge in [0.05, 0.1) is 4.88 Å². The van der Waals surface area contributed by atoms with Crippen molar-refractivity contribution in [2.45, 2.75) is 84.4 Å². The number of nitrogens with one attached hydrogen (secondary N) is 1. The number of anilines is 1. The number of piperidine rings is 1. The molecule has 1 aliphatic heterocycles. The summed E-state index contributed by atoms with van der Waals surface area (Å²) in [5, 5.41) is 11.8. The summed E-state index contributed by atoms with van der Waals surface area (Å²) in [6.45, 7) is 11.8. The van der Waals surface area contributed by atoms with Crippen LogP contribution in [0.2, 0.25) is 0 Å². The van der Waals surface area contributed by atoms with Gasteiger partial charge >= 0.3 is 12.1 Å². The number of nitrogens with zero attached hydrogens (tertiary/aromatic N) is 4. The molecule has 1 N–H and O–H groups in total. The molecule has 2 aromatic rings. The van der Waals surface area contributed by atoms with Crippen LogP contribution in [0.5, 0.6) is 0 Å². The summed E-state index contributed by atoms with van der Waals surface area (Å²) in [6.07, 6.45) is 4.34. The monoisotopic (exact) mass is 503 g/mol. The Kier molecular flexibility index (Phi) is 7.68. The molecule has 2 aromatic heterocycles. The number of thiophene rings is 1. The SMILES string of the molecule is CCN(c1nnc(C(CC2CCN(C(=O)OC(C)(C)C)CC2)NC(=O)c2ccc(C)s2)o1)C1CC1. The van der Waals surface area contributed by atoms with Crippen molar-refractivity contribution in [3.05, 3.63) is 27.8 Å². The van der Waals surface area contributed by atoms with E-state index in [4.69, 9.17) is 9.15 Å². The molecule has 1 atom stereocenters. The summed E-state index contributed by atoms with van der Waals surface area (Å²) >= 11 is 1.47. The first-order valence-corrected chi connectivity index (χ1v) is 13.4. The molecule has 192 valence electrons. The Morgan fingerprint density at radius 1 is 1.23 bits per heavy atom. The summed E-state index contributed by atoms with van der Waals surface area (Å²) < 4.78 is 11.6. The summed E-state index contributed by atoms with van der Waals surface area (Å²) in [5.41, 5.74) is -0.508. The van der Waals surface area contributed by atoms with Crippen LogP contribution >= 0.6 is 11.3 Å². The normalized spacial score (nSPS) is 17.8. The minimum Gasteiger partial charge on any atom is -0.444 e. The molecule has 1 saturated carbocycles. The molecule has 0 spiro atoms. The molecule has 35 heavy (non-hydrogen) atoms. The van der Waals surface area contributed by atoms with Crippen LogP contribution in [0.1, 0.15) is 86.3 Å². The maximum absolute atomic E-state index is 13.0. The maximum atomic E-state index is 13.0. The quantitative estimate of drug-likeness (QED) is 0.545. The lowest BCUT2D eigenvalue weighted by Gasteiger charge is -2.34. The molecule has 1 unspecified atom stereocenters. The molecule has 3 heterocycles. The lowest BCUT2D eigenvalue weighted by Crippen LogP contribution is -2.42. The predicted molar refractivity (Wildman–Crippen MR) is 135 cm³/mol. The van der Waals surface area contributed by atoms with Crippen molar-refractivity contribution in [3.63, 3.8) is 0 Å². The number of carbonyl (C=O) groups is 2. The highest BCUT2D eigenvalue weighted by Gasteiger charge is 2.34. The van der Waals surface area contributed by atoms with Crippen LogP contribution < -0.4 is 10.2 Å². The van der Waals surface area contributed by atoms with E-state index < -0.39 is 5.60 Å². The first kappa shape index (κ1) is 25.5. The van der Waals surface area contributed by atoms with E-state index in [1.807, 2.05) is 39.8 Å². The van der Waals surface area contributed by atoms with E-state index in [0.29, 0.717) is 48.3 Å². The second kappa shape index (κ2) is 10.6. The van der Waals surface area contributed by atoms with Crippen molar-refractivity contribution in [2.75, 3.05) is 24.5 Å². The van der Waals surface area contributed by atoms with Gasteiger partial charge in [0.2, 0.25) is 5.89 Å². The zero-order chi connectivity index (χ0) is 25.2. The number of aryl methyl sites for hydroxylation is 1. The average Bonchev–Trinajstić information content (AvgIpc) is 3.33. The Hall–Kier alpha value is -2.62. The molecule has 1 saturated heterocycles. The second-order valence-corrected chi connectivity index (χ2v) is 11.8. The standard InChI is InChI=1S/C25H37N5O4S/c1-6-30(18-8-9-18)23-28-27-22(33-23)19(26-21(31)20-10-7-16(2)35-20)15-17-11-13-29(14-12-17)24(32)34-25(3,4)5/h7,10,17-19H,6,8-9,11-15H2,1-5H3,(H,26,31).